The van der Waals surface area contributed by atoms with Gasteiger partial charge in [-0.15, -0.1) is 0 Å². The van der Waals surface area contributed by atoms with Crippen molar-refractivity contribution >= 4 is 17.2 Å². The highest BCUT2D eigenvalue weighted by Crippen LogP contribution is 2.53. The second kappa shape index (κ2) is 7.87. The van der Waals surface area contributed by atoms with Gasteiger partial charge in [0.1, 0.15) is 17.1 Å². The predicted octanol–water partition coefficient (Wildman–Crippen LogP) is 4.29. The smallest absolute Gasteiger partial charge is 0.321 e. The van der Waals surface area contributed by atoms with Crippen molar-refractivity contribution in [1.82, 2.24) is 14.0 Å². The van der Waals surface area contributed by atoms with Crippen LogP contribution in [0.15, 0.2) is 41.6 Å². The number of carbonyl (C=O) groups excluding carboxylic acids is 1. The van der Waals surface area contributed by atoms with Crippen LogP contribution < -0.4 is 15.6 Å². The summed E-state index contributed by atoms with van der Waals surface area (Å²) in [5, 5.41) is 2.49. The van der Waals surface area contributed by atoms with Crippen LogP contribution in [0, 0.1) is 0 Å². The van der Waals surface area contributed by atoms with E-state index >= 15 is 0 Å². The molecule has 8 nitrogen and oxygen atoms in total. The van der Waals surface area contributed by atoms with Crippen LogP contribution in [0.3, 0.4) is 0 Å². The zero-order valence-electron chi connectivity index (χ0n) is 19.3. The summed E-state index contributed by atoms with van der Waals surface area (Å²) in [6, 6.07) is 4.33. The molecule has 35 heavy (non-hydrogen) atoms. The van der Waals surface area contributed by atoms with Gasteiger partial charge in [-0.05, 0) is 57.6 Å². The van der Waals surface area contributed by atoms with E-state index in [1.807, 2.05) is 6.20 Å². The van der Waals surface area contributed by atoms with E-state index in [-0.39, 0.29) is 32.9 Å². The van der Waals surface area contributed by atoms with Crippen molar-refractivity contribution in [3.05, 3.63) is 58.4 Å². The Bertz CT molecular complexity index is 1370. The number of rotatable bonds is 6. The number of halogens is 2. The lowest BCUT2D eigenvalue weighted by Crippen LogP contribution is -2.28. The van der Waals surface area contributed by atoms with Crippen molar-refractivity contribution in [2.45, 2.75) is 69.1 Å². The quantitative estimate of drug-likeness (QED) is 0.564. The molecule has 2 bridgehead atoms. The molecule has 2 unspecified atom stereocenters. The second-order valence-corrected chi connectivity index (χ2v) is 10.2. The molecule has 0 radical (unpaired) electrons. The molecule has 6 rings (SSSR count). The molecule has 0 aromatic carbocycles. The van der Waals surface area contributed by atoms with E-state index in [2.05, 4.69) is 12.2 Å². The van der Waals surface area contributed by atoms with E-state index in [0.29, 0.717) is 18.0 Å². The molecule has 1 N–H and O–H groups in total. The van der Waals surface area contributed by atoms with Crippen molar-refractivity contribution in [3.8, 4) is 5.75 Å². The minimum atomic E-state index is -3.01. The molecule has 2 atom stereocenters. The molecule has 184 valence electrons. The van der Waals surface area contributed by atoms with Gasteiger partial charge in [0.05, 0.1) is 29.6 Å². The molecule has 2 aliphatic carbocycles. The molecule has 4 heterocycles. The van der Waals surface area contributed by atoms with E-state index in [1.165, 1.54) is 12.1 Å². The van der Waals surface area contributed by atoms with Gasteiger partial charge in [0.2, 0.25) is 0 Å². The lowest BCUT2D eigenvalue weighted by atomic mass is 9.84. The van der Waals surface area contributed by atoms with Gasteiger partial charge in [-0.1, -0.05) is 0 Å². The fraction of sp³-hybridized carbons (Fsp3) is 0.480. The zero-order chi connectivity index (χ0) is 24.4. The predicted molar refractivity (Wildman–Crippen MR) is 123 cm³/mol. The monoisotopic (exact) mass is 484 g/mol. The molecule has 1 aliphatic heterocycles. The standard InChI is InChI=1S/C25H26F2N4O4/c1-24-7-8-25(13-24,14-34-24)19-12-30-11-16(18(10-20(30)29-19)35-15-4-2-5-15)21(32)28-17-6-3-9-31(22(17)33)23(26)27/h3,6,9-12,15,23H,2,4-5,7-8,13-14H2,1H3,(H,28,32). The summed E-state index contributed by atoms with van der Waals surface area (Å²) < 4.78 is 40.4. The van der Waals surface area contributed by atoms with Gasteiger partial charge >= 0.3 is 6.55 Å². The molecule has 1 amide bonds. The van der Waals surface area contributed by atoms with Gasteiger partial charge in [-0.25, -0.2) is 4.98 Å². The third-order valence-corrected chi connectivity index (χ3v) is 7.66. The first-order valence-corrected chi connectivity index (χ1v) is 11.9. The Morgan fingerprint density at radius 3 is 2.77 bits per heavy atom. The van der Waals surface area contributed by atoms with Gasteiger partial charge in [-0.2, -0.15) is 8.78 Å². The lowest BCUT2D eigenvalue weighted by Gasteiger charge is -2.27. The van der Waals surface area contributed by atoms with Crippen LogP contribution in [0.2, 0.25) is 0 Å². The number of carbonyl (C=O) groups is 1. The van der Waals surface area contributed by atoms with Gasteiger partial charge < -0.3 is 19.2 Å². The highest BCUT2D eigenvalue weighted by atomic mass is 19.3. The normalized spacial score (nSPS) is 25.8. The second-order valence-electron chi connectivity index (χ2n) is 10.2. The molecule has 3 fully saturated rings. The fourth-order valence-electron chi connectivity index (χ4n) is 5.40. The van der Waals surface area contributed by atoms with Crippen molar-refractivity contribution < 1.29 is 23.0 Å². The first-order valence-electron chi connectivity index (χ1n) is 11.9. The van der Waals surface area contributed by atoms with Crippen LogP contribution in [0.4, 0.5) is 14.5 Å². The summed E-state index contributed by atoms with van der Waals surface area (Å²) >= 11 is 0. The molecule has 2 saturated carbocycles. The van der Waals surface area contributed by atoms with E-state index in [4.69, 9.17) is 14.5 Å². The summed E-state index contributed by atoms with van der Waals surface area (Å²) in [5.74, 6) is -0.255. The summed E-state index contributed by atoms with van der Waals surface area (Å²) in [6.45, 7) is -0.249. The third-order valence-electron chi connectivity index (χ3n) is 7.66. The maximum Gasteiger partial charge on any atom is 0.321 e. The first kappa shape index (κ1) is 22.2. The van der Waals surface area contributed by atoms with Crippen molar-refractivity contribution in [2.75, 3.05) is 11.9 Å². The summed E-state index contributed by atoms with van der Waals surface area (Å²) in [5.41, 5.74) is 0.327. The van der Waals surface area contributed by atoms with Gasteiger partial charge in [0.25, 0.3) is 11.5 Å². The summed E-state index contributed by atoms with van der Waals surface area (Å²) in [7, 11) is 0. The molecule has 0 spiro atoms. The molecule has 3 aromatic heterocycles. The number of pyridine rings is 2. The Kier molecular flexibility index (Phi) is 5.00. The maximum absolute atomic E-state index is 13.3. The third kappa shape index (κ3) is 3.71. The number of aromatic nitrogens is 3. The Labute approximate surface area is 199 Å². The number of hydrogen-bond acceptors (Lipinski definition) is 5. The van der Waals surface area contributed by atoms with Crippen LogP contribution in [-0.4, -0.2) is 38.2 Å². The van der Waals surface area contributed by atoms with Gasteiger partial charge in [0.15, 0.2) is 0 Å². The first-order chi connectivity index (χ1) is 16.8. The van der Waals surface area contributed by atoms with Crippen molar-refractivity contribution in [3.63, 3.8) is 0 Å². The summed E-state index contributed by atoms with van der Waals surface area (Å²) in [4.78, 5) is 30.5. The number of fused-ring (bicyclic) bond motifs is 3. The fourth-order valence-corrected chi connectivity index (χ4v) is 5.40. The number of alkyl halides is 2. The van der Waals surface area contributed by atoms with Gasteiger partial charge in [0, 0.05) is 30.1 Å². The highest BCUT2D eigenvalue weighted by Gasteiger charge is 2.55. The Morgan fingerprint density at radius 1 is 1.31 bits per heavy atom. The van der Waals surface area contributed by atoms with E-state index in [0.717, 1.165) is 50.4 Å². The Hall–Kier alpha value is -3.27. The van der Waals surface area contributed by atoms with Gasteiger partial charge in [-0.3, -0.25) is 14.2 Å². The van der Waals surface area contributed by atoms with Crippen molar-refractivity contribution in [1.29, 1.82) is 0 Å². The SMILES string of the molecule is CC12CCC(c3cn4cc(C(=O)Nc5cccn(C(F)F)c5=O)c(OC5CCC5)cc4n3)(CO1)C2. The molecular formula is C25H26F2N4O4. The minimum absolute atomic E-state index is 0.00332. The van der Waals surface area contributed by atoms with E-state index in [1.54, 1.807) is 16.7 Å². The number of hydrogen-bond donors (Lipinski definition) is 1. The van der Waals surface area contributed by atoms with Crippen LogP contribution in [-0.2, 0) is 10.2 Å². The van der Waals surface area contributed by atoms with Crippen LogP contribution in [0.5, 0.6) is 5.75 Å². The Balaban J connectivity index is 1.37. The molecule has 10 heteroatoms. The average molecular weight is 485 g/mol. The minimum Gasteiger partial charge on any atom is -0.489 e. The maximum atomic E-state index is 13.3. The highest BCUT2D eigenvalue weighted by molar-refractivity contribution is 6.06. The van der Waals surface area contributed by atoms with Crippen molar-refractivity contribution in [2.24, 2.45) is 0 Å². The molecule has 1 saturated heterocycles. The van der Waals surface area contributed by atoms with Crippen LogP contribution in [0.25, 0.3) is 5.65 Å². The summed E-state index contributed by atoms with van der Waals surface area (Å²) in [6.07, 6.45) is 10.3. The molecular weight excluding hydrogens is 458 g/mol. The average Bonchev–Trinajstić information content (AvgIpc) is 3.47. The number of imidazole rings is 1. The zero-order valence-corrected chi connectivity index (χ0v) is 19.3. The van der Waals surface area contributed by atoms with Crippen LogP contribution in [0.1, 0.15) is 68.0 Å². The number of anilines is 1. The number of nitrogens with zero attached hydrogens (tertiary/aromatic N) is 3. The lowest BCUT2D eigenvalue weighted by molar-refractivity contribution is -0.00627. The number of nitrogens with one attached hydrogen (secondary N) is 1. The van der Waals surface area contributed by atoms with E-state index in [9.17, 15) is 18.4 Å². The molecule has 3 aliphatic rings. The topological polar surface area (TPSA) is 86.9 Å². The Morgan fingerprint density at radius 2 is 2.14 bits per heavy atom. The molecule has 3 aromatic rings. The number of ether oxygens (including phenoxy) is 2. The number of amides is 1. The van der Waals surface area contributed by atoms with Crippen LogP contribution >= 0.6 is 0 Å². The van der Waals surface area contributed by atoms with E-state index < -0.39 is 18.0 Å². The largest absolute Gasteiger partial charge is 0.489 e.